The van der Waals surface area contributed by atoms with E-state index in [1.54, 1.807) is 56.8 Å². The number of aliphatic hydroxyl groups is 1. The summed E-state index contributed by atoms with van der Waals surface area (Å²) in [5.41, 5.74) is 1.41. The summed E-state index contributed by atoms with van der Waals surface area (Å²) in [4.78, 5) is 12.9. The molecule has 0 saturated carbocycles. The molecule has 224 valence electrons. The lowest BCUT2D eigenvalue weighted by molar-refractivity contribution is -0.0564. The van der Waals surface area contributed by atoms with Crippen LogP contribution in [0.1, 0.15) is 43.8 Å². The first-order valence-electron chi connectivity index (χ1n) is 13.1. The molecule has 14 heteroatoms. The van der Waals surface area contributed by atoms with Crippen LogP contribution in [0.25, 0.3) is 17.1 Å². The van der Waals surface area contributed by atoms with E-state index in [9.17, 15) is 13.5 Å². The predicted octanol–water partition coefficient (Wildman–Crippen LogP) is 3.41. The molecule has 2 atom stereocenters. The van der Waals surface area contributed by atoms with E-state index in [-0.39, 0.29) is 18.4 Å². The number of hydrogen-bond donors (Lipinski definition) is 2. The molecule has 0 aliphatic carbocycles. The number of pyridine rings is 1. The van der Waals surface area contributed by atoms with E-state index in [1.807, 2.05) is 19.9 Å². The van der Waals surface area contributed by atoms with E-state index in [0.717, 1.165) is 11.1 Å². The van der Waals surface area contributed by atoms with Gasteiger partial charge in [0.15, 0.2) is 11.6 Å². The van der Waals surface area contributed by atoms with Crippen molar-refractivity contribution in [2.24, 2.45) is 0 Å². The Morgan fingerprint density at radius 2 is 1.64 bits per heavy atom. The molecule has 0 bridgehead atoms. The Bertz CT molecular complexity index is 1610. The first-order valence-corrected chi connectivity index (χ1v) is 14.6. The van der Waals surface area contributed by atoms with Gasteiger partial charge < -0.3 is 19.3 Å². The second-order valence-corrected chi connectivity index (χ2v) is 12.5. The Morgan fingerprint density at radius 3 is 2.21 bits per heavy atom. The standard InChI is InChI=1S/C28H35N7O6S/c1-17-11-20(15-29-12-17)26-32-33-27(35(26)23-21(39-6)9-8-10-22(23)40-7)34-42(37,38)19(3)24(41-16-28(4,5)36)25-30-13-18(2)14-31-25/h8-15,19,24,36H,16H2,1-7H3,(H,33,34)/t19-,24-/m0/s1. The van der Waals surface area contributed by atoms with Gasteiger partial charge in [-0.2, -0.15) is 0 Å². The molecule has 3 heterocycles. The van der Waals surface area contributed by atoms with Gasteiger partial charge in [-0.3, -0.25) is 14.3 Å². The number of methoxy groups -OCH3 is 2. The molecule has 0 aliphatic heterocycles. The van der Waals surface area contributed by atoms with Crippen LogP contribution in [0.15, 0.2) is 49.1 Å². The number of ether oxygens (including phenoxy) is 3. The van der Waals surface area contributed by atoms with Crippen LogP contribution in [0.5, 0.6) is 11.5 Å². The van der Waals surface area contributed by atoms with Crippen LogP contribution in [-0.4, -0.2) is 74.9 Å². The first-order chi connectivity index (χ1) is 19.8. The number of nitrogens with one attached hydrogen (secondary N) is 1. The van der Waals surface area contributed by atoms with E-state index in [0.29, 0.717) is 28.6 Å². The highest BCUT2D eigenvalue weighted by Crippen LogP contribution is 2.38. The van der Waals surface area contributed by atoms with Crippen molar-refractivity contribution < 1.29 is 27.7 Å². The summed E-state index contributed by atoms with van der Waals surface area (Å²) in [7, 11) is -1.25. The molecule has 1 aromatic carbocycles. The van der Waals surface area contributed by atoms with Crippen molar-refractivity contribution in [2.75, 3.05) is 25.5 Å². The van der Waals surface area contributed by atoms with Gasteiger partial charge in [-0.25, -0.2) is 18.4 Å². The number of hydrogen-bond acceptors (Lipinski definition) is 11. The van der Waals surface area contributed by atoms with Crippen LogP contribution < -0.4 is 14.2 Å². The van der Waals surface area contributed by atoms with Crippen LogP contribution in [-0.2, 0) is 14.8 Å². The largest absolute Gasteiger partial charge is 0.494 e. The Morgan fingerprint density at radius 1 is 1.00 bits per heavy atom. The molecule has 0 amide bonds. The summed E-state index contributed by atoms with van der Waals surface area (Å²) in [6.07, 6.45) is 5.32. The smallest absolute Gasteiger partial charge is 0.243 e. The highest BCUT2D eigenvalue weighted by atomic mass is 32.2. The average molecular weight is 598 g/mol. The molecule has 0 spiro atoms. The molecule has 4 rings (SSSR count). The van der Waals surface area contributed by atoms with Crippen molar-refractivity contribution >= 4 is 16.0 Å². The van der Waals surface area contributed by atoms with Gasteiger partial charge in [0.05, 0.1) is 26.4 Å². The van der Waals surface area contributed by atoms with Gasteiger partial charge in [-0.05, 0) is 63.9 Å². The highest BCUT2D eigenvalue weighted by molar-refractivity contribution is 7.93. The number of anilines is 1. The number of nitrogens with zero attached hydrogens (tertiary/aromatic N) is 6. The third-order valence-electron chi connectivity index (χ3n) is 6.24. The zero-order valence-electron chi connectivity index (χ0n) is 24.6. The molecule has 2 N–H and O–H groups in total. The summed E-state index contributed by atoms with van der Waals surface area (Å²) >= 11 is 0. The van der Waals surface area contributed by atoms with E-state index >= 15 is 0 Å². The van der Waals surface area contributed by atoms with Gasteiger partial charge in [0.2, 0.25) is 16.0 Å². The Hall–Kier alpha value is -4.14. The summed E-state index contributed by atoms with van der Waals surface area (Å²) in [5, 5.41) is 17.6. The normalized spacial score (nSPS) is 13.4. The monoisotopic (exact) mass is 597 g/mol. The molecule has 3 aromatic heterocycles. The van der Waals surface area contributed by atoms with Crippen molar-refractivity contribution in [1.82, 2.24) is 29.7 Å². The molecular formula is C28H35N7O6S. The molecule has 0 saturated heterocycles. The third kappa shape index (κ3) is 6.83. The van der Waals surface area contributed by atoms with Gasteiger partial charge in [-0.15, -0.1) is 10.2 Å². The van der Waals surface area contributed by atoms with Crippen molar-refractivity contribution in [3.05, 3.63) is 66.0 Å². The van der Waals surface area contributed by atoms with Crippen LogP contribution in [0.4, 0.5) is 5.95 Å². The Labute approximate surface area is 245 Å². The number of para-hydroxylation sites is 1. The zero-order valence-corrected chi connectivity index (χ0v) is 25.4. The maximum Gasteiger partial charge on any atom is 0.243 e. The Kier molecular flexibility index (Phi) is 9.09. The fraction of sp³-hybridized carbons (Fsp3) is 0.393. The zero-order chi connectivity index (χ0) is 30.7. The maximum atomic E-state index is 13.9. The topological polar surface area (TPSA) is 163 Å². The fourth-order valence-corrected chi connectivity index (χ4v) is 5.22. The van der Waals surface area contributed by atoms with Crippen LogP contribution in [0.3, 0.4) is 0 Å². The van der Waals surface area contributed by atoms with Gasteiger partial charge in [0.1, 0.15) is 28.5 Å². The number of aromatic nitrogens is 6. The number of sulfonamides is 1. The number of benzene rings is 1. The van der Waals surface area contributed by atoms with Crippen molar-refractivity contribution in [3.63, 3.8) is 0 Å². The Balaban J connectivity index is 1.83. The van der Waals surface area contributed by atoms with Crippen LogP contribution in [0.2, 0.25) is 0 Å². The first kappa shape index (κ1) is 30.8. The molecule has 0 radical (unpaired) electrons. The lowest BCUT2D eigenvalue weighted by Gasteiger charge is -2.27. The predicted molar refractivity (Wildman–Crippen MR) is 156 cm³/mol. The van der Waals surface area contributed by atoms with E-state index < -0.39 is 27.0 Å². The minimum atomic E-state index is -4.24. The number of rotatable bonds is 12. The minimum Gasteiger partial charge on any atom is -0.494 e. The second-order valence-electron chi connectivity index (χ2n) is 10.5. The molecule has 0 aliphatic rings. The second kappa shape index (κ2) is 12.4. The van der Waals surface area contributed by atoms with E-state index in [4.69, 9.17) is 14.2 Å². The van der Waals surface area contributed by atoms with Gasteiger partial charge in [-0.1, -0.05) is 6.07 Å². The molecular weight excluding hydrogens is 562 g/mol. The highest BCUT2D eigenvalue weighted by Gasteiger charge is 2.36. The quantitative estimate of drug-likeness (QED) is 0.246. The van der Waals surface area contributed by atoms with E-state index in [2.05, 4.69) is 29.9 Å². The van der Waals surface area contributed by atoms with Crippen LogP contribution >= 0.6 is 0 Å². The van der Waals surface area contributed by atoms with Crippen molar-refractivity contribution in [1.29, 1.82) is 0 Å². The van der Waals surface area contributed by atoms with Crippen molar-refractivity contribution in [3.8, 4) is 28.6 Å². The molecule has 0 unspecified atom stereocenters. The summed E-state index contributed by atoms with van der Waals surface area (Å²) < 4.78 is 49.1. The summed E-state index contributed by atoms with van der Waals surface area (Å²) in [5.74, 6) is 1.12. The summed E-state index contributed by atoms with van der Waals surface area (Å²) in [6.45, 7) is 8.13. The van der Waals surface area contributed by atoms with E-state index in [1.165, 1.54) is 25.7 Å². The maximum absolute atomic E-state index is 13.9. The number of aryl methyl sites for hydroxylation is 2. The van der Waals surface area contributed by atoms with Crippen LogP contribution in [0, 0.1) is 13.8 Å². The lowest BCUT2D eigenvalue weighted by Crippen LogP contribution is -2.36. The average Bonchev–Trinajstić information content (AvgIpc) is 3.35. The molecule has 4 aromatic rings. The summed E-state index contributed by atoms with van der Waals surface area (Å²) in [6, 6.07) is 7.03. The van der Waals surface area contributed by atoms with Gasteiger partial charge in [0, 0.05) is 30.4 Å². The third-order valence-corrected chi connectivity index (χ3v) is 7.94. The SMILES string of the molecule is COc1cccc(OC)c1-n1c(NS(=O)(=O)[C@@H](C)[C@H](OCC(C)(C)O)c2ncc(C)cn2)nnc1-c1cncc(C)c1. The molecule has 13 nitrogen and oxygen atoms in total. The molecule has 0 fully saturated rings. The van der Waals surface area contributed by atoms with Gasteiger partial charge in [0.25, 0.3) is 0 Å². The molecule has 42 heavy (non-hydrogen) atoms. The minimum absolute atomic E-state index is 0.118. The lowest BCUT2D eigenvalue weighted by atomic mass is 10.1. The fourth-order valence-electron chi connectivity index (χ4n) is 4.12. The van der Waals surface area contributed by atoms with Crippen molar-refractivity contribution in [2.45, 2.75) is 51.6 Å². The van der Waals surface area contributed by atoms with Gasteiger partial charge >= 0.3 is 0 Å².